The molecule has 0 atom stereocenters. The van der Waals surface area contributed by atoms with Crippen molar-refractivity contribution < 1.29 is 18.4 Å². The molecule has 0 aliphatic heterocycles. The fourth-order valence-corrected chi connectivity index (χ4v) is 2.30. The lowest BCUT2D eigenvalue weighted by Gasteiger charge is -2.06. The third-order valence-electron chi connectivity index (χ3n) is 2.43. The molecule has 4 nitrogen and oxygen atoms in total. The summed E-state index contributed by atoms with van der Waals surface area (Å²) in [5, 5.41) is 11.2. The highest BCUT2D eigenvalue weighted by Gasteiger charge is 2.16. The van der Waals surface area contributed by atoms with Crippen molar-refractivity contribution in [2.75, 3.05) is 0 Å². The van der Waals surface area contributed by atoms with Crippen LogP contribution in [-0.4, -0.2) is 11.0 Å². The van der Waals surface area contributed by atoms with Gasteiger partial charge in [-0.2, -0.15) is 0 Å². The second kappa shape index (κ2) is 5.31. The van der Waals surface area contributed by atoms with Gasteiger partial charge in [0.05, 0.1) is 16.1 Å². The zero-order chi connectivity index (χ0) is 14.0. The van der Waals surface area contributed by atoms with Gasteiger partial charge in [-0.1, -0.05) is 16.9 Å². The van der Waals surface area contributed by atoms with Gasteiger partial charge in [-0.15, -0.1) is 0 Å². The zero-order valence-corrected chi connectivity index (χ0v) is 10.7. The lowest BCUT2D eigenvalue weighted by atomic mass is 10.2. The van der Waals surface area contributed by atoms with E-state index in [-0.39, 0.29) is 16.3 Å². The van der Waals surface area contributed by atoms with Gasteiger partial charge in [-0.3, -0.25) is 0 Å². The van der Waals surface area contributed by atoms with E-state index in [4.69, 9.17) is 15.4 Å². The lowest BCUT2D eigenvalue weighted by molar-refractivity contribution is 0.318. The molecular weight excluding hydrogens is 274 g/mol. The lowest BCUT2D eigenvalue weighted by Crippen LogP contribution is -2.14. The third kappa shape index (κ3) is 2.70. The van der Waals surface area contributed by atoms with Crippen LogP contribution < -0.4 is 5.73 Å². The van der Waals surface area contributed by atoms with Gasteiger partial charge in [0.15, 0.2) is 5.84 Å². The number of nitrogens with two attached hydrogens (primary N) is 1. The van der Waals surface area contributed by atoms with Gasteiger partial charge in [0.25, 0.3) is 0 Å². The maximum absolute atomic E-state index is 13.8. The van der Waals surface area contributed by atoms with Crippen molar-refractivity contribution in [2.24, 2.45) is 10.9 Å². The summed E-state index contributed by atoms with van der Waals surface area (Å²) in [5.74, 6) is -1.35. The highest BCUT2D eigenvalue weighted by atomic mass is 32.2. The average molecular weight is 284 g/mol. The molecule has 100 valence electrons. The van der Waals surface area contributed by atoms with Crippen molar-refractivity contribution in [3.05, 3.63) is 47.4 Å². The molecule has 1 heterocycles. The molecule has 0 radical (unpaired) electrons. The monoisotopic (exact) mass is 284 g/mol. The van der Waals surface area contributed by atoms with Gasteiger partial charge < -0.3 is 15.4 Å². The van der Waals surface area contributed by atoms with Crippen LogP contribution in [0.2, 0.25) is 0 Å². The third-order valence-corrected chi connectivity index (χ3v) is 3.66. The van der Waals surface area contributed by atoms with Gasteiger partial charge in [0.1, 0.15) is 17.4 Å². The summed E-state index contributed by atoms with van der Waals surface area (Å²) in [6, 6.07) is 3.64. The van der Waals surface area contributed by atoms with Gasteiger partial charge in [-0.05, 0) is 25.1 Å². The Morgan fingerprint density at radius 2 is 2.00 bits per heavy atom. The number of halogens is 2. The largest absolute Gasteiger partial charge is 0.468 e. The van der Waals surface area contributed by atoms with Gasteiger partial charge in [0.2, 0.25) is 0 Å². The zero-order valence-electron chi connectivity index (χ0n) is 9.85. The molecule has 0 spiro atoms. The Kier molecular flexibility index (Phi) is 3.75. The van der Waals surface area contributed by atoms with E-state index in [9.17, 15) is 8.78 Å². The first-order valence-corrected chi connectivity index (χ1v) is 6.03. The molecule has 1 aromatic carbocycles. The predicted octanol–water partition coefficient (Wildman–Crippen LogP) is 3.11. The number of hydrogen-bond acceptors (Lipinski definition) is 4. The Hall–Kier alpha value is -2.02. The van der Waals surface area contributed by atoms with Crippen molar-refractivity contribution in [2.45, 2.75) is 16.7 Å². The molecule has 1 aromatic heterocycles. The van der Waals surface area contributed by atoms with Crippen LogP contribution in [0.5, 0.6) is 0 Å². The van der Waals surface area contributed by atoms with Crippen LogP contribution in [0.3, 0.4) is 0 Å². The van der Waals surface area contributed by atoms with Crippen molar-refractivity contribution in [1.82, 2.24) is 0 Å². The summed E-state index contributed by atoms with van der Waals surface area (Å²) >= 11 is 0.915. The summed E-state index contributed by atoms with van der Waals surface area (Å²) < 4.78 is 32.8. The maximum Gasteiger partial charge on any atom is 0.170 e. The van der Waals surface area contributed by atoms with Crippen LogP contribution in [-0.2, 0) is 0 Å². The van der Waals surface area contributed by atoms with E-state index in [1.807, 2.05) is 0 Å². The highest BCUT2D eigenvalue weighted by molar-refractivity contribution is 7.99. The fourth-order valence-electron chi connectivity index (χ4n) is 1.45. The molecule has 3 N–H and O–H groups in total. The molecule has 0 unspecified atom stereocenters. The van der Waals surface area contributed by atoms with E-state index < -0.39 is 11.6 Å². The number of rotatable bonds is 3. The molecule has 2 aromatic rings. The number of aryl methyl sites for hydroxylation is 1. The fraction of sp³-hybridized carbons (Fsp3) is 0.0833. The number of furan rings is 1. The SMILES string of the molecule is Cc1occc1Sc1c(F)cc(/C(N)=N/O)cc1F. The van der Waals surface area contributed by atoms with Crippen LogP contribution >= 0.6 is 11.8 Å². The molecule has 0 aliphatic rings. The molecule has 0 amide bonds. The number of oxime groups is 1. The molecule has 2 rings (SSSR count). The standard InChI is InChI=1S/C12H10F2N2O2S/c1-6-10(2-3-18-6)19-11-8(13)4-7(5-9(11)14)12(15)16-17/h2-5,17H,1H3,(H2,15,16). The first-order chi connectivity index (χ1) is 9.02. The molecule has 0 bridgehead atoms. The van der Waals surface area contributed by atoms with E-state index in [0.717, 1.165) is 23.9 Å². The van der Waals surface area contributed by atoms with E-state index in [2.05, 4.69) is 5.16 Å². The Balaban J connectivity index is 2.40. The molecule has 7 heteroatoms. The van der Waals surface area contributed by atoms with Crippen LogP contribution in [0.15, 0.2) is 43.8 Å². The van der Waals surface area contributed by atoms with E-state index in [1.165, 1.54) is 6.26 Å². The number of benzene rings is 1. The topological polar surface area (TPSA) is 71.8 Å². The minimum Gasteiger partial charge on any atom is -0.468 e. The van der Waals surface area contributed by atoms with Crippen molar-refractivity contribution >= 4 is 17.6 Å². The molecule has 0 saturated heterocycles. The minimum atomic E-state index is -0.785. The minimum absolute atomic E-state index is 0.0224. The Morgan fingerprint density at radius 1 is 1.37 bits per heavy atom. The highest BCUT2D eigenvalue weighted by Crippen LogP contribution is 2.34. The van der Waals surface area contributed by atoms with Gasteiger partial charge in [-0.25, -0.2) is 8.78 Å². The van der Waals surface area contributed by atoms with Crippen molar-refractivity contribution in [3.63, 3.8) is 0 Å². The van der Waals surface area contributed by atoms with Crippen molar-refractivity contribution in [1.29, 1.82) is 0 Å². The molecule has 0 saturated carbocycles. The Labute approximate surface area is 111 Å². The quantitative estimate of drug-likeness (QED) is 0.393. The molecular formula is C12H10F2N2O2S. The summed E-state index contributed by atoms with van der Waals surface area (Å²) in [5.41, 5.74) is 5.26. The van der Waals surface area contributed by atoms with Crippen LogP contribution in [0.25, 0.3) is 0 Å². The Bertz CT molecular complexity index is 617. The second-order valence-corrected chi connectivity index (χ2v) is 4.75. The summed E-state index contributed by atoms with van der Waals surface area (Å²) in [7, 11) is 0. The first-order valence-electron chi connectivity index (χ1n) is 5.22. The van der Waals surface area contributed by atoms with Crippen molar-refractivity contribution in [3.8, 4) is 0 Å². The van der Waals surface area contributed by atoms with Gasteiger partial charge in [0, 0.05) is 5.56 Å². The number of amidine groups is 1. The van der Waals surface area contributed by atoms with E-state index in [0.29, 0.717) is 10.7 Å². The second-order valence-electron chi connectivity index (χ2n) is 3.70. The molecule has 0 fully saturated rings. The van der Waals surface area contributed by atoms with Gasteiger partial charge >= 0.3 is 0 Å². The molecule has 19 heavy (non-hydrogen) atoms. The van der Waals surface area contributed by atoms with Crippen LogP contribution in [0.1, 0.15) is 11.3 Å². The van der Waals surface area contributed by atoms with Crippen LogP contribution in [0.4, 0.5) is 8.78 Å². The predicted molar refractivity (Wildman–Crippen MR) is 66.4 cm³/mol. The summed E-state index contributed by atoms with van der Waals surface area (Å²) in [4.78, 5) is 0.452. The first kappa shape index (κ1) is 13.4. The normalized spacial score (nSPS) is 11.8. The summed E-state index contributed by atoms with van der Waals surface area (Å²) in [6.45, 7) is 1.70. The number of hydrogen-bond donors (Lipinski definition) is 2. The van der Waals surface area contributed by atoms with E-state index >= 15 is 0 Å². The van der Waals surface area contributed by atoms with Crippen LogP contribution in [0, 0.1) is 18.6 Å². The maximum atomic E-state index is 13.8. The smallest absolute Gasteiger partial charge is 0.170 e. The Morgan fingerprint density at radius 3 is 2.47 bits per heavy atom. The van der Waals surface area contributed by atoms with E-state index in [1.54, 1.807) is 13.0 Å². The average Bonchev–Trinajstić information content (AvgIpc) is 2.78. The summed E-state index contributed by atoms with van der Waals surface area (Å²) in [6.07, 6.45) is 1.44. The number of nitrogens with zero attached hydrogens (tertiary/aromatic N) is 1. The molecule has 0 aliphatic carbocycles.